The monoisotopic (exact) mass is 275 g/mol. The van der Waals surface area contributed by atoms with E-state index in [0.717, 1.165) is 24.3 Å². The second-order valence-electron chi connectivity index (χ2n) is 5.31. The third-order valence-corrected chi connectivity index (χ3v) is 3.86. The van der Waals surface area contributed by atoms with Gasteiger partial charge in [-0.3, -0.25) is 4.99 Å². The normalized spacial score (nSPS) is 23.4. The molecule has 1 atom stereocenters. The van der Waals surface area contributed by atoms with E-state index in [2.05, 4.69) is 5.43 Å². The van der Waals surface area contributed by atoms with Gasteiger partial charge in [0.15, 0.2) is 23.4 Å². The highest BCUT2D eigenvalue weighted by Crippen LogP contribution is 2.31. The number of amidine groups is 1. The van der Waals surface area contributed by atoms with Crippen LogP contribution in [0.3, 0.4) is 0 Å². The van der Waals surface area contributed by atoms with Crippen LogP contribution in [0, 0.1) is 0 Å². The van der Waals surface area contributed by atoms with Gasteiger partial charge in [0.25, 0.3) is 0 Å². The van der Waals surface area contributed by atoms with Crippen LogP contribution < -0.4 is 20.7 Å². The first-order chi connectivity index (χ1) is 9.86. The first-order valence-corrected chi connectivity index (χ1v) is 7.29. The smallest absolute Gasteiger partial charge is 0.190 e. The Labute approximate surface area is 119 Å². The van der Waals surface area contributed by atoms with Crippen molar-refractivity contribution in [2.24, 2.45) is 10.8 Å². The molecule has 20 heavy (non-hydrogen) atoms. The minimum atomic E-state index is -0.253. The summed E-state index contributed by atoms with van der Waals surface area (Å²) in [4.78, 5) is 4.73. The van der Waals surface area contributed by atoms with Gasteiger partial charge in [0.2, 0.25) is 0 Å². The van der Waals surface area contributed by atoms with Crippen molar-refractivity contribution < 1.29 is 9.47 Å². The van der Waals surface area contributed by atoms with Gasteiger partial charge < -0.3 is 14.9 Å². The second-order valence-corrected chi connectivity index (χ2v) is 5.31. The first-order valence-electron chi connectivity index (χ1n) is 7.29. The van der Waals surface area contributed by atoms with Gasteiger partial charge in [0.05, 0.1) is 6.04 Å². The molecule has 2 aliphatic rings. The lowest BCUT2D eigenvalue weighted by Crippen LogP contribution is -2.47. The Balaban J connectivity index is 1.72. The van der Waals surface area contributed by atoms with Crippen LogP contribution in [0.5, 0.6) is 11.5 Å². The molecule has 1 saturated carbocycles. The van der Waals surface area contributed by atoms with Crippen LogP contribution in [-0.4, -0.2) is 24.6 Å². The Kier molecular flexibility index (Phi) is 4.06. The topological polar surface area (TPSA) is 68.9 Å². The van der Waals surface area contributed by atoms with E-state index in [-0.39, 0.29) is 6.10 Å². The summed E-state index contributed by atoms with van der Waals surface area (Å²) >= 11 is 0. The number of hydrogen-bond donors (Lipinski definition) is 2. The van der Waals surface area contributed by atoms with Crippen molar-refractivity contribution in [2.75, 3.05) is 6.61 Å². The minimum absolute atomic E-state index is 0.253. The van der Waals surface area contributed by atoms with Crippen LogP contribution in [0.25, 0.3) is 0 Å². The Morgan fingerprint density at radius 3 is 2.65 bits per heavy atom. The molecular formula is C15H21N3O2. The molecule has 1 aliphatic heterocycles. The van der Waals surface area contributed by atoms with E-state index in [1.165, 1.54) is 19.3 Å². The number of hydrazine groups is 1. The van der Waals surface area contributed by atoms with Crippen LogP contribution in [0.4, 0.5) is 0 Å². The van der Waals surface area contributed by atoms with Crippen molar-refractivity contribution in [1.29, 1.82) is 0 Å². The van der Waals surface area contributed by atoms with Gasteiger partial charge in [-0.2, -0.15) is 0 Å². The number of hydrogen-bond acceptors (Lipinski definition) is 4. The van der Waals surface area contributed by atoms with Gasteiger partial charge in [0.1, 0.15) is 6.61 Å². The number of nitrogens with two attached hydrogens (primary N) is 1. The molecule has 1 aromatic carbocycles. The molecule has 0 amide bonds. The number of para-hydroxylation sites is 2. The second kappa shape index (κ2) is 6.13. The molecule has 5 heteroatoms. The van der Waals surface area contributed by atoms with Crippen LogP contribution in [0.2, 0.25) is 0 Å². The summed E-state index contributed by atoms with van der Waals surface area (Å²) in [5.41, 5.74) is 2.69. The molecule has 0 aromatic heterocycles. The third kappa shape index (κ3) is 2.88. The number of nitrogens with zero attached hydrogens (tertiary/aromatic N) is 1. The first kappa shape index (κ1) is 13.2. The number of fused-ring (bicyclic) bond motifs is 1. The van der Waals surface area contributed by atoms with Crippen LogP contribution in [0.15, 0.2) is 29.3 Å². The highest BCUT2D eigenvalue weighted by molar-refractivity contribution is 5.87. The van der Waals surface area contributed by atoms with Gasteiger partial charge in [-0.15, -0.1) is 0 Å². The Hall–Kier alpha value is -1.75. The fourth-order valence-corrected chi connectivity index (χ4v) is 2.77. The fourth-order valence-electron chi connectivity index (χ4n) is 2.77. The fraction of sp³-hybridized carbons (Fsp3) is 0.533. The summed E-state index contributed by atoms with van der Waals surface area (Å²) in [5.74, 6) is 7.83. The number of benzene rings is 1. The van der Waals surface area contributed by atoms with E-state index >= 15 is 0 Å². The van der Waals surface area contributed by atoms with Gasteiger partial charge in [-0.1, -0.05) is 31.4 Å². The van der Waals surface area contributed by atoms with Crippen LogP contribution in [-0.2, 0) is 0 Å². The standard InChI is InChI=1S/C15H21N3O2/c16-18-15(17-11-6-2-1-3-7-11)14-10-19-12-8-4-5-9-13(12)20-14/h4-5,8-9,11,14H,1-3,6-7,10,16H2,(H,17,18). The summed E-state index contributed by atoms with van der Waals surface area (Å²) in [6, 6.07) is 8.02. The summed E-state index contributed by atoms with van der Waals surface area (Å²) in [5, 5.41) is 0. The predicted molar refractivity (Wildman–Crippen MR) is 78.0 cm³/mol. The average molecular weight is 275 g/mol. The lowest BCUT2D eigenvalue weighted by Gasteiger charge is -2.28. The molecule has 1 aliphatic carbocycles. The van der Waals surface area contributed by atoms with Gasteiger partial charge in [0, 0.05) is 0 Å². The van der Waals surface area contributed by atoms with Crippen molar-refractivity contribution >= 4 is 5.84 Å². The largest absolute Gasteiger partial charge is 0.485 e. The van der Waals surface area contributed by atoms with E-state index in [1.54, 1.807) is 0 Å². The lowest BCUT2D eigenvalue weighted by atomic mass is 9.96. The summed E-state index contributed by atoms with van der Waals surface area (Å²) < 4.78 is 11.6. The molecule has 0 bridgehead atoms. The number of aliphatic imine (C=N–C) groups is 1. The maximum absolute atomic E-state index is 5.93. The Bertz CT molecular complexity index is 484. The summed E-state index contributed by atoms with van der Waals surface area (Å²) in [6.07, 6.45) is 5.82. The summed E-state index contributed by atoms with van der Waals surface area (Å²) in [7, 11) is 0. The molecular weight excluding hydrogens is 254 g/mol. The van der Waals surface area contributed by atoms with Crippen molar-refractivity contribution in [2.45, 2.75) is 44.2 Å². The molecule has 3 N–H and O–H groups in total. The Morgan fingerprint density at radius 2 is 1.90 bits per heavy atom. The zero-order valence-corrected chi connectivity index (χ0v) is 11.5. The van der Waals surface area contributed by atoms with E-state index in [1.807, 2.05) is 24.3 Å². The minimum Gasteiger partial charge on any atom is -0.485 e. The van der Waals surface area contributed by atoms with E-state index in [0.29, 0.717) is 18.5 Å². The molecule has 108 valence electrons. The van der Waals surface area contributed by atoms with Crippen molar-refractivity contribution in [3.8, 4) is 11.5 Å². The van der Waals surface area contributed by atoms with Crippen LogP contribution >= 0.6 is 0 Å². The summed E-state index contributed by atoms with van der Waals surface area (Å²) in [6.45, 7) is 0.437. The molecule has 0 saturated heterocycles. The van der Waals surface area contributed by atoms with Gasteiger partial charge >= 0.3 is 0 Å². The highest BCUT2D eigenvalue weighted by Gasteiger charge is 2.26. The van der Waals surface area contributed by atoms with E-state index in [9.17, 15) is 0 Å². The molecule has 1 fully saturated rings. The predicted octanol–water partition coefficient (Wildman–Crippen LogP) is 2.02. The highest BCUT2D eigenvalue weighted by atomic mass is 16.6. The molecule has 0 spiro atoms. The van der Waals surface area contributed by atoms with Gasteiger partial charge in [-0.25, -0.2) is 5.84 Å². The van der Waals surface area contributed by atoms with Crippen molar-refractivity contribution in [3.63, 3.8) is 0 Å². The maximum Gasteiger partial charge on any atom is 0.190 e. The zero-order chi connectivity index (χ0) is 13.8. The molecule has 1 aromatic rings. The molecule has 0 radical (unpaired) electrons. The Morgan fingerprint density at radius 1 is 1.15 bits per heavy atom. The molecule has 3 rings (SSSR count). The molecule has 1 unspecified atom stereocenters. The maximum atomic E-state index is 5.93. The molecule has 1 heterocycles. The van der Waals surface area contributed by atoms with Gasteiger partial charge in [-0.05, 0) is 25.0 Å². The SMILES string of the molecule is NNC(=NC1CCCCC1)C1COc2ccccc2O1. The third-order valence-electron chi connectivity index (χ3n) is 3.86. The zero-order valence-electron chi connectivity index (χ0n) is 11.5. The van der Waals surface area contributed by atoms with E-state index < -0.39 is 0 Å². The van der Waals surface area contributed by atoms with Crippen LogP contribution in [0.1, 0.15) is 32.1 Å². The quantitative estimate of drug-likeness (QED) is 0.375. The number of nitrogens with one attached hydrogen (secondary N) is 1. The average Bonchev–Trinajstić information content (AvgIpc) is 2.53. The van der Waals surface area contributed by atoms with Crippen molar-refractivity contribution in [1.82, 2.24) is 5.43 Å². The van der Waals surface area contributed by atoms with E-state index in [4.69, 9.17) is 20.3 Å². The lowest BCUT2D eigenvalue weighted by molar-refractivity contribution is 0.132. The van der Waals surface area contributed by atoms with Crippen molar-refractivity contribution in [3.05, 3.63) is 24.3 Å². The number of rotatable bonds is 2. The number of ether oxygens (including phenoxy) is 2. The molecule has 5 nitrogen and oxygen atoms in total.